The molecule has 0 unspecified atom stereocenters. The Kier molecular flexibility index (Phi) is 7.97. The molecule has 0 radical (unpaired) electrons. The summed E-state index contributed by atoms with van der Waals surface area (Å²) in [6.45, 7) is 1.01. The van der Waals surface area contributed by atoms with Gasteiger partial charge < -0.3 is 0 Å². The number of nitrogens with zero attached hydrogens (tertiary/aromatic N) is 1. The third-order valence-corrected chi connectivity index (χ3v) is 12.1. The second-order valence-corrected chi connectivity index (χ2v) is 13.5. The summed E-state index contributed by atoms with van der Waals surface area (Å²) < 4.78 is 2.82. The highest BCUT2D eigenvalue weighted by atomic mass is 32.1. The van der Waals surface area contributed by atoms with Crippen LogP contribution in [0.25, 0.3) is 0 Å². The quantitative estimate of drug-likeness (QED) is 0.206. The molecule has 0 saturated heterocycles. The maximum absolute atomic E-state index is 2.82. The molecule has 0 aliphatic heterocycles. The highest BCUT2D eigenvalue weighted by molar-refractivity contribution is 7.84. The zero-order valence-electron chi connectivity index (χ0n) is 18.9. The Labute approximate surface area is 209 Å². The molecule has 0 bridgehead atoms. The first-order chi connectivity index (χ1) is 16.9. The lowest BCUT2D eigenvalue weighted by atomic mass is 10.3. The summed E-state index contributed by atoms with van der Waals surface area (Å²) in [4.78, 5) is 1.44. The van der Waals surface area contributed by atoms with Crippen molar-refractivity contribution in [3.63, 3.8) is 0 Å². The van der Waals surface area contributed by atoms with Gasteiger partial charge in [0, 0.05) is 27.6 Å². The average molecular weight is 496 g/mol. The van der Waals surface area contributed by atoms with Crippen molar-refractivity contribution in [2.75, 3.05) is 6.54 Å². The van der Waals surface area contributed by atoms with E-state index in [-0.39, 0.29) is 0 Å². The van der Waals surface area contributed by atoms with Crippen LogP contribution in [0.3, 0.4) is 0 Å². The van der Waals surface area contributed by atoms with Gasteiger partial charge in [-0.15, -0.1) is 11.3 Å². The molecule has 0 N–H and O–H groups in total. The third kappa shape index (κ3) is 5.54. The normalized spacial score (nSPS) is 11.4. The second-order valence-electron chi connectivity index (χ2n) is 7.89. The minimum atomic E-state index is -0.716. The Morgan fingerprint density at radius 3 is 1.18 bits per heavy atom. The van der Waals surface area contributed by atoms with Crippen LogP contribution in [-0.4, -0.2) is 11.0 Å². The predicted octanol–water partition coefficient (Wildman–Crippen LogP) is 6.69. The fraction of sp³-hybridized carbons (Fsp3) is 0.0667. The summed E-state index contributed by atoms with van der Waals surface area (Å²) in [7, 11) is -1.43. The molecule has 34 heavy (non-hydrogen) atoms. The van der Waals surface area contributed by atoms with Crippen molar-refractivity contribution in [1.82, 2.24) is 4.44 Å². The number of hydrogen-bond acceptors (Lipinski definition) is 2. The van der Waals surface area contributed by atoms with Crippen molar-refractivity contribution in [2.45, 2.75) is 6.42 Å². The van der Waals surface area contributed by atoms with E-state index in [0.29, 0.717) is 0 Å². The lowest BCUT2D eigenvalue weighted by Crippen LogP contribution is -2.33. The van der Waals surface area contributed by atoms with E-state index < -0.39 is 16.1 Å². The molecular formula is C30H27NP2S. The molecule has 4 aromatic carbocycles. The zero-order chi connectivity index (χ0) is 23.0. The summed E-state index contributed by atoms with van der Waals surface area (Å²) in [5.74, 6) is 0. The van der Waals surface area contributed by atoms with Gasteiger partial charge >= 0.3 is 0 Å². The van der Waals surface area contributed by atoms with E-state index in [4.69, 9.17) is 0 Å². The van der Waals surface area contributed by atoms with E-state index in [1.54, 1.807) is 0 Å². The highest BCUT2D eigenvalue weighted by Gasteiger charge is 2.31. The van der Waals surface area contributed by atoms with Gasteiger partial charge in [-0.25, -0.2) is 4.44 Å². The summed E-state index contributed by atoms with van der Waals surface area (Å²) in [5.41, 5.74) is 0. The van der Waals surface area contributed by atoms with Crippen LogP contribution in [-0.2, 0) is 6.42 Å². The molecule has 1 heterocycles. The zero-order valence-corrected chi connectivity index (χ0v) is 21.5. The van der Waals surface area contributed by atoms with Crippen molar-refractivity contribution in [3.05, 3.63) is 144 Å². The number of hydrogen-bond donors (Lipinski definition) is 0. The fourth-order valence-corrected chi connectivity index (χ4v) is 10.8. The first-order valence-corrected chi connectivity index (χ1v) is 15.0. The molecule has 0 spiro atoms. The average Bonchev–Trinajstić information content (AvgIpc) is 3.44. The molecule has 0 amide bonds. The van der Waals surface area contributed by atoms with Gasteiger partial charge in [0.2, 0.25) is 0 Å². The van der Waals surface area contributed by atoms with Gasteiger partial charge in [-0.05, 0) is 39.1 Å². The van der Waals surface area contributed by atoms with Gasteiger partial charge in [0.25, 0.3) is 0 Å². The molecule has 4 heteroatoms. The maximum Gasteiger partial charge on any atom is 0.0323 e. The first kappa shape index (κ1) is 23.2. The van der Waals surface area contributed by atoms with Crippen LogP contribution in [0.2, 0.25) is 0 Å². The van der Waals surface area contributed by atoms with Crippen molar-refractivity contribution >= 4 is 48.7 Å². The van der Waals surface area contributed by atoms with Crippen LogP contribution in [0, 0.1) is 0 Å². The molecule has 0 fully saturated rings. The van der Waals surface area contributed by atoms with Crippen LogP contribution in [0.4, 0.5) is 0 Å². The van der Waals surface area contributed by atoms with Crippen LogP contribution < -0.4 is 21.2 Å². The van der Waals surface area contributed by atoms with Crippen LogP contribution in [0.5, 0.6) is 0 Å². The van der Waals surface area contributed by atoms with Gasteiger partial charge in [0.05, 0.1) is 0 Å². The van der Waals surface area contributed by atoms with Crippen molar-refractivity contribution in [1.29, 1.82) is 0 Å². The molecule has 0 aliphatic carbocycles. The largest absolute Gasteiger partial charge is 0.244 e. The molecule has 1 nitrogen and oxygen atoms in total. The Bertz CT molecular complexity index is 1080. The second kappa shape index (κ2) is 11.7. The Morgan fingerprint density at radius 2 is 0.853 bits per heavy atom. The highest BCUT2D eigenvalue weighted by Crippen LogP contribution is 2.54. The SMILES string of the molecule is c1ccc(P(c2ccccc2)N(CCc2cccs2)P(c2ccccc2)c2ccccc2)cc1. The molecule has 0 atom stereocenters. The van der Waals surface area contributed by atoms with E-state index in [2.05, 4.69) is 143 Å². The molecule has 0 aliphatic rings. The molecule has 5 rings (SSSR count). The summed E-state index contributed by atoms with van der Waals surface area (Å²) >= 11 is 1.86. The van der Waals surface area contributed by atoms with Gasteiger partial charge in [-0.1, -0.05) is 127 Å². The fourth-order valence-electron chi connectivity index (χ4n) is 4.06. The predicted molar refractivity (Wildman–Crippen MR) is 153 cm³/mol. The molecule has 5 aromatic rings. The van der Waals surface area contributed by atoms with Gasteiger partial charge in [-0.3, -0.25) is 0 Å². The standard InChI is InChI=1S/C30H27NP2S/c1-5-14-26(15-6-1)32(27-16-7-2-8-17-27)31(24-23-30-22-13-25-34-30)33(28-18-9-3-10-19-28)29-20-11-4-12-21-29/h1-22,25H,23-24H2. The van der Waals surface area contributed by atoms with Gasteiger partial charge in [0.15, 0.2) is 0 Å². The summed E-state index contributed by atoms with van der Waals surface area (Å²) in [6, 6.07) is 48.8. The van der Waals surface area contributed by atoms with E-state index in [1.165, 1.54) is 26.1 Å². The van der Waals surface area contributed by atoms with Crippen molar-refractivity contribution in [2.24, 2.45) is 0 Å². The lowest BCUT2D eigenvalue weighted by Gasteiger charge is -2.39. The van der Waals surface area contributed by atoms with Crippen molar-refractivity contribution < 1.29 is 0 Å². The Morgan fingerprint density at radius 1 is 0.471 bits per heavy atom. The monoisotopic (exact) mass is 495 g/mol. The van der Waals surface area contributed by atoms with Crippen LogP contribution in [0.1, 0.15) is 4.88 Å². The van der Waals surface area contributed by atoms with Crippen LogP contribution >= 0.6 is 27.5 Å². The molecule has 1 aromatic heterocycles. The van der Waals surface area contributed by atoms with E-state index >= 15 is 0 Å². The smallest absolute Gasteiger partial charge is 0.0323 e. The summed E-state index contributed by atoms with van der Waals surface area (Å²) in [6.07, 6.45) is 1.05. The van der Waals surface area contributed by atoms with E-state index in [1.807, 2.05) is 11.3 Å². The Balaban J connectivity index is 1.67. The number of benzene rings is 4. The van der Waals surface area contributed by atoms with Gasteiger partial charge in [0.1, 0.15) is 0 Å². The van der Waals surface area contributed by atoms with Gasteiger partial charge in [-0.2, -0.15) is 0 Å². The topological polar surface area (TPSA) is 3.24 Å². The van der Waals surface area contributed by atoms with E-state index in [9.17, 15) is 0 Å². The first-order valence-electron chi connectivity index (χ1n) is 11.5. The maximum atomic E-state index is 2.82. The minimum absolute atomic E-state index is 0.716. The minimum Gasteiger partial charge on any atom is -0.244 e. The lowest BCUT2D eigenvalue weighted by molar-refractivity contribution is 0.711. The summed E-state index contributed by atoms with van der Waals surface area (Å²) in [5, 5.41) is 7.78. The molecule has 168 valence electrons. The van der Waals surface area contributed by atoms with Crippen molar-refractivity contribution in [3.8, 4) is 0 Å². The Hall–Kier alpha value is -2.60. The van der Waals surface area contributed by atoms with Crippen LogP contribution in [0.15, 0.2) is 139 Å². The molecular weight excluding hydrogens is 468 g/mol. The molecule has 0 saturated carbocycles. The third-order valence-electron chi connectivity index (χ3n) is 5.60. The van der Waals surface area contributed by atoms with E-state index in [0.717, 1.165) is 13.0 Å². The number of thiophene rings is 1. The number of rotatable bonds is 9.